The lowest BCUT2D eigenvalue weighted by molar-refractivity contribution is -0.115. The van der Waals surface area contributed by atoms with Crippen molar-refractivity contribution in [3.05, 3.63) is 57.9 Å². The van der Waals surface area contributed by atoms with Crippen LogP contribution in [0.2, 0.25) is 0 Å². The maximum Gasteiger partial charge on any atom is 0.219 e. The summed E-state index contributed by atoms with van der Waals surface area (Å²) in [6.07, 6.45) is 2.97. The Morgan fingerprint density at radius 3 is 2.70 bits per heavy atom. The molecule has 3 rings (SSSR count). The van der Waals surface area contributed by atoms with Crippen LogP contribution < -0.4 is 14.8 Å². The van der Waals surface area contributed by atoms with Gasteiger partial charge < -0.3 is 14.8 Å². The maximum atomic E-state index is 13.2. The van der Waals surface area contributed by atoms with Gasteiger partial charge in [-0.3, -0.25) is 4.79 Å². The number of ketones is 1. The number of pyridine rings is 1. The summed E-state index contributed by atoms with van der Waals surface area (Å²) in [5.41, 5.74) is 5.49. The van der Waals surface area contributed by atoms with E-state index in [0.717, 1.165) is 34.5 Å². The van der Waals surface area contributed by atoms with Crippen molar-refractivity contribution in [3.63, 3.8) is 0 Å². The number of aryl methyl sites for hydroxylation is 1. The van der Waals surface area contributed by atoms with Gasteiger partial charge in [-0.15, -0.1) is 0 Å². The first-order chi connectivity index (χ1) is 14.5. The largest absolute Gasteiger partial charge is 0.496 e. The Kier molecular flexibility index (Phi) is 6.41. The van der Waals surface area contributed by atoms with E-state index in [1.54, 1.807) is 25.4 Å². The molecule has 2 heterocycles. The molecule has 1 unspecified atom stereocenters. The lowest BCUT2D eigenvalue weighted by Gasteiger charge is -2.33. The van der Waals surface area contributed by atoms with Crippen molar-refractivity contribution in [2.75, 3.05) is 19.0 Å². The third kappa shape index (κ3) is 3.76. The number of nitriles is 1. The van der Waals surface area contributed by atoms with E-state index in [4.69, 9.17) is 9.47 Å². The van der Waals surface area contributed by atoms with Crippen molar-refractivity contribution in [1.82, 2.24) is 4.98 Å². The average molecular weight is 405 g/mol. The lowest BCUT2D eigenvalue weighted by atomic mass is 9.77. The summed E-state index contributed by atoms with van der Waals surface area (Å²) in [6.45, 7) is 8.27. The third-order valence-electron chi connectivity index (χ3n) is 5.30. The van der Waals surface area contributed by atoms with Crippen LogP contribution in [0.5, 0.6) is 11.6 Å². The number of Topliss-reactive ketones (excluding diaryl/α,β-unsaturated/α-hetero) is 1. The van der Waals surface area contributed by atoms with Crippen LogP contribution in [-0.4, -0.2) is 24.5 Å². The fourth-order valence-electron chi connectivity index (χ4n) is 3.97. The predicted molar refractivity (Wildman–Crippen MR) is 116 cm³/mol. The highest BCUT2D eigenvalue weighted by molar-refractivity contribution is 6.00. The van der Waals surface area contributed by atoms with Crippen LogP contribution in [0.15, 0.2) is 35.7 Å². The molecule has 1 aliphatic heterocycles. The predicted octanol–water partition coefficient (Wildman–Crippen LogP) is 4.87. The molecule has 0 aliphatic carbocycles. The summed E-state index contributed by atoms with van der Waals surface area (Å²) in [5.74, 6) is 0.729. The number of carbonyl (C=O) groups is 1. The minimum absolute atomic E-state index is 0.0773. The number of nitrogens with one attached hydrogen (secondary N) is 1. The highest BCUT2D eigenvalue weighted by Crippen LogP contribution is 2.49. The number of hydrogen-bond acceptors (Lipinski definition) is 6. The van der Waals surface area contributed by atoms with Gasteiger partial charge in [-0.1, -0.05) is 13.0 Å². The number of hydrogen-bond donors (Lipinski definition) is 1. The summed E-state index contributed by atoms with van der Waals surface area (Å²) in [6, 6.07) is 7.47. The Bertz CT molecular complexity index is 1050. The first kappa shape index (κ1) is 21.4. The zero-order chi connectivity index (χ0) is 21.8. The summed E-state index contributed by atoms with van der Waals surface area (Å²) < 4.78 is 11.5. The molecular formula is C24H27N3O3. The first-order valence-corrected chi connectivity index (χ1v) is 10.2. The molecule has 0 amide bonds. The SMILES string of the molecule is CCCC(=O)C1=C(C)Nc2c(C)cnc(OCC)c2C1c1ccc(C#N)cc1OC. The molecular weight excluding hydrogens is 378 g/mol. The Hall–Kier alpha value is -3.33. The van der Waals surface area contributed by atoms with Crippen LogP contribution in [0.4, 0.5) is 5.69 Å². The van der Waals surface area contributed by atoms with Gasteiger partial charge in [0.2, 0.25) is 5.88 Å². The van der Waals surface area contributed by atoms with E-state index in [2.05, 4.69) is 16.4 Å². The normalized spacial score (nSPS) is 15.1. The van der Waals surface area contributed by atoms with E-state index in [0.29, 0.717) is 35.8 Å². The number of anilines is 1. The maximum absolute atomic E-state index is 13.2. The second-order valence-corrected chi connectivity index (χ2v) is 7.31. The smallest absolute Gasteiger partial charge is 0.219 e. The molecule has 1 aromatic heterocycles. The summed E-state index contributed by atoms with van der Waals surface area (Å²) >= 11 is 0. The number of aromatic nitrogens is 1. The highest BCUT2D eigenvalue weighted by atomic mass is 16.5. The summed E-state index contributed by atoms with van der Waals surface area (Å²) in [4.78, 5) is 17.7. The molecule has 0 saturated carbocycles. The molecule has 6 heteroatoms. The quantitative estimate of drug-likeness (QED) is 0.707. The molecule has 6 nitrogen and oxygen atoms in total. The molecule has 156 valence electrons. The molecule has 30 heavy (non-hydrogen) atoms. The van der Waals surface area contributed by atoms with Crippen molar-refractivity contribution in [1.29, 1.82) is 5.26 Å². The van der Waals surface area contributed by atoms with Gasteiger partial charge in [0.05, 0.1) is 42.5 Å². The lowest BCUT2D eigenvalue weighted by Crippen LogP contribution is -2.25. The fourth-order valence-corrected chi connectivity index (χ4v) is 3.97. The molecule has 0 saturated heterocycles. The van der Waals surface area contributed by atoms with E-state index in [-0.39, 0.29) is 5.78 Å². The zero-order valence-corrected chi connectivity index (χ0v) is 18.1. The van der Waals surface area contributed by atoms with Crippen molar-refractivity contribution >= 4 is 11.5 Å². The average Bonchev–Trinajstić information content (AvgIpc) is 2.74. The number of rotatable bonds is 7. The summed E-state index contributed by atoms with van der Waals surface area (Å²) in [7, 11) is 1.57. The molecule has 2 aromatic rings. The van der Waals surface area contributed by atoms with Gasteiger partial charge in [0, 0.05) is 29.5 Å². The second-order valence-electron chi connectivity index (χ2n) is 7.31. The van der Waals surface area contributed by atoms with Gasteiger partial charge in [-0.25, -0.2) is 4.98 Å². The Labute approximate surface area is 177 Å². The topological polar surface area (TPSA) is 84.2 Å². The van der Waals surface area contributed by atoms with Crippen molar-refractivity contribution in [3.8, 4) is 17.7 Å². The van der Waals surface area contributed by atoms with Crippen molar-refractivity contribution in [2.24, 2.45) is 0 Å². The standard InChI is InChI=1S/C24H27N3O3/c1-6-8-18(28)20-15(4)27-23-14(3)13-26-24(30-7-2)22(23)21(20)17-10-9-16(12-25)11-19(17)29-5/h9-11,13,21,27H,6-8H2,1-5H3. The monoisotopic (exact) mass is 405 g/mol. The minimum atomic E-state index is -0.406. The Balaban J connectivity index is 2.35. The van der Waals surface area contributed by atoms with E-state index in [1.807, 2.05) is 33.8 Å². The molecule has 1 N–H and O–H groups in total. The number of fused-ring (bicyclic) bond motifs is 1. The van der Waals surface area contributed by atoms with Crippen molar-refractivity contribution in [2.45, 2.75) is 46.5 Å². The van der Waals surface area contributed by atoms with E-state index >= 15 is 0 Å². The Morgan fingerprint density at radius 1 is 1.30 bits per heavy atom. The van der Waals surface area contributed by atoms with Gasteiger partial charge in [-0.05, 0) is 44.9 Å². The first-order valence-electron chi connectivity index (χ1n) is 10.2. The number of allylic oxidation sites excluding steroid dienone is 2. The number of carbonyl (C=O) groups excluding carboxylic acids is 1. The Morgan fingerprint density at radius 2 is 2.07 bits per heavy atom. The zero-order valence-electron chi connectivity index (χ0n) is 18.1. The number of ether oxygens (including phenoxy) is 2. The molecule has 0 radical (unpaired) electrons. The third-order valence-corrected chi connectivity index (χ3v) is 5.30. The minimum Gasteiger partial charge on any atom is -0.496 e. The highest BCUT2D eigenvalue weighted by Gasteiger charge is 2.37. The van der Waals surface area contributed by atoms with Gasteiger partial charge in [0.1, 0.15) is 5.75 Å². The van der Waals surface area contributed by atoms with Gasteiger partial charge >= 0.3 is 0 Å². The van der Waals surface area contributed by atoms with Gasteiger partial charge in [-0.2, -0.15) is 5.26 Å². The molecule has 0 spiro atoms. The van der Waals surface area contributed by atoms with Crippen molar-refractivity contribution < 1.29 is 14.3 Å². The van der Waals surface area contributed by atoms with E-state index < -0.39 is 5.92 Å². The molecule has 1 aromatic carbocycles. The van der Waals surface area contributed by atoms with Gasteiger partial charge in [0.25, 0.3) is 0 Å². The van der Waals surface area contributed by atoms with Crippen LogP contribution in [0.25, 0.3) is 0 Å². The van der Waals surface area contributed by atoms with Crippen LogP contribution in [-0.2, 0) is 4.79 Å². The van der Waals surface area contributed by atoms with E-state index in [1.165, 1.54) is 0 Å². The molecule has 1 aliphatic rings. The molecule has 1 atom stereocenters. The number of benzene rings is 1. The summed E-state index contributed by atoms with van der Waals surface area (Å²) in [5, 5.41) is 12.7. The van der Waals surface area contributed by atoms with Crippen LogP contribution >= 0.6 is 0 Å². The van der Waals surface area contributed by atoms with E-state index in [9.17, 15) is 10.1 Å². The second kappa shape index (κ2) is 9.00. The van der Waals surface area contributed by atoms with Crippen LogP contribution in [0.3, 0.4) is 0 Å². The fraction of sp³-hybridized carbons (Fsp3) is 0.375. The molecule has 0 fully saturated rings. The number of nitrogens with zero attached hydrogens (tertiary/aromatic N) is 2. The number of methoxy groups -OCH3 is 1. The van der Waals surface area contributed by atoms with Gasteiger partial charge in [0.15, 0.2) is 5.78 Å². The molecule has 0 bridgehead atoms. The van der Waals surface area contributed by atoms with Crippen LogP contribution in [0.1, 0.15) is 61.8 Å². The van der Waals surface area contributed by atoms with Crippen LogP contribution in [0, 0.1) is 18.3 Å².